The molecule has 21 heavy (non-hydrogen) atoms. The number of halogens is 1. The molecule has 1 amide bonds. The van der Waals surface area contributed by atoms with Gasteiger partial charge in [-0.15, -0.1) is 0 Å². The molecule has 2 aromatic heterocycles. The van der Waals surface area contributed by atoms with Gasteiger partial charge in [0, 0.05) is 31.6 Å². The van der Waals surface area contributed by atoms with Crippen LogP contribution in [0.25, 0.3) is 5.78 Å². The lowest BCUT2D eigenvalue weighted by molar-refractivity contribution is -0.119. The van der Waals surface area contributed by atoms with Gasteiger partial charge in [-0.05, 0) is 19.8 Å². The summed E-state index contributed by atoms with van der Waals surface area (Å²) in [5, 5.41) is 7.66. The number of nitrogens with zero attached hydrogens (tertiary/aromatic N) is 5. The molecule has 1 aliphatic heterocycles. The van der Waals surface area contributed by atoms with Gasteiger partial charge in [0.2, 0.25) is 5.91 Å². The summed E-state index contributed by atoms with van der Waals surface area (Å²) in [5.74, 6) is 1.46. The summed E-state index contributed by atoms with van der Waals surface area (Å²) < 4.78 is 1.72. The van der Waals surface area contributed by atoms with E-state index < -0.39 is 0 Å². The average molecular weight is 309 g/mol. The number of amides is 1. The Bertz CT molecular complexity index is 677. The molecular weight excluding hydrogens is 292 g/mol. The molecule has 3 heterocycles. The van der Waals surface area contributed by atoms with Gasteiger partial charge in [0.1, 0.15) is 17.3 Å². The van der Waals surface area contributed by atoms with E-state index in [0.717, 1.165) is 37.3 Å². The Kier molecular flexibility index (Phi) is 3.67. The zero-order valence-corrected chi connectivity index (χ0v) is 12.8. The maximum atomic E-state index is 11.1. The summed E-state index contributed by atoms with van der Waals surface area (Å²) in [5.41, 5.74) is 0.896. The molecule has 1 saturated heterocycles. The first-order valence-corrected chi connectivity index (χ1v) is 7.32. The van der Waals surface area contributed by atoms with Gasteiger partial charge in [0.15, 0.2) is 0 Å². The Labute approximate surface area is 127 Å². The molecule has 0 saturated carbocycles. The van der Waals surface area contributed by atoms with Crippen LogP contribution < -0.4 is 10.2 Å². The van der Waals surface area contributed by atoms with Crippen molar-refractivity contribution in [2.45, 2.75) is 32.7 Å². The number of rotatable bonds is 2. The van der Waals surface area contributed by atoms with Crippen LogP contribution >= 0.6 is 11.6 Å². The van der Waals surface area contributed by atoms with Crippen molar-refractivity contribution in [2.75, 3.05) is 18.0 Å². The Morgan fingerprint density at radius 2 is 2.14 bits per heavy atom. The molecule has 0 bridgehead atoms. The minimum atomic E-state index is 0.0234. The normalized spacial score (nSPS) is 16.4. The van der Waals surface area contributed by atoms with E-state index in [1.807, 2.05) is 6.92 Å². The Morgan fingerprint density at radius 3 is 2.81 bits per heavy atom. The van der Waals surface area contributed by atoms with E-state index in [4.69, 9.17) is 11.6 Å². The van der Waals surface area contributed by atoms with Crippen LogP contribution in [0.3, 0.4) is 0 Å². The largest absolute Gasteiger partial charge is 0.356 e. The monoisotopic (exact) mass is 308 g/mol. The smallest absolute Gasteiger partial charge is 0.255 e. The molecule has 1 aliphatic rings. The molecule has 8 heteroatoms. The van der Waals surface area contributed by atoms with Gasteiger partial charge in [0.05, 0.1) is 0 Å². The van der Waals surface area contributed by atoms with Crippen molar-refractivity contribution < 1.29 is 4.79 Å². The molecule has 7 nitrogen and oxygen atoms in total. The Morgan fingerprint density at radius 1 is 1.43 bits per heavy atom. The molecule has 0 radical (unpaired) electrons. The van der Waals surface area contributed by atoms with Crippen molar-refractivity contribution in [3.63, 3.8) is 0 Å². The van der Waals surface area contributed by atoms with E-state index in [-0.39, 0.29) is 11.9 Å². The van der Waals surface area contributed by atoms with Crippen molar-refractivity contribution in [2.24, 2.45) is 0 Å². The number of piperidine rings is 1. The number of hydrogen-bond donors (Lipinski definition) is 1. The predicted molar refractivity (Wildman–Crippen MR) is 79.6 cm³/mol. The first-order valence-electron chi connectivity index (χ1n) is 6.94. The van der Waals surface area contributed by atoms with Gasteiger partial charge in [-0.1, -0.05) is 11.6 Å². The summed E-state index contributed by atoms with van der Waals surface area (Å²) in [7, 11) is 0. The highest BCUT2D eigenvalue weighted by molar-refractivity contribution is 6.30. The lowest BCUT2D eigenvalue weighted by Crippen LogP contribution is -2.44. The first kappa shape index (κ1) is 14.1. The van der Waals surface area contributed by atoms with Gasteiger partial charge < -0.3 is 10.2 Å². The lowest BCUT2D eigenvalue weighted by atomic mass is 10.0. The van der Waals surface area contributed by atoms with Gasteiger partial charge in [0.25, 0.3) is 5.78 Å². The number of fused-ring (bicyclic) bond motifs is 1. The van der Waals surface area contributed by atoms with Gasteiger partial charge in [-0.2, -0.15) is 19.6 Å². The summed E-state index contributed by atoms with van der Waals surface area (Å²) in [6.07, 6.45) is 3.27. The van der Waals surface area contributed by atoms with Gasteiger partial charge in [-0.25, -0.2) is 0 Å². The maximum absolute atomic E-state index is 11.1. The maximum Gasteiger partial charge on any atom is 0.255 e. The van der Waals surface area contributed by atoms with Crippen LogP contribution in [0.4, 0.5) is 5.82 Å². The van der Waals surface area contributed by atoms with Crippen LogP contribution in [0, 0.1) is 6.92 Å². The van der Waals surface area contributed by atoms with E-state index in [2.05, 4.69) is 25.3 Å². The molecule has 112 valence electrons. The third-order valence-electron chi connectivity index (χ3n) is 3.78. The Balaban J connectivity index is 1.87. The van der Waals surface area contributed by atoms with E-state index in [1.165, 1.54) is 6.33 Å². The second kappa shape index (κ2) is 5.48. The number of carbonyl (C=O) groups excluding carboxylic acids is 1. The van der Waals surface area contributed by atoms with Crippen LogP contribution in [0.15, 0.2) is 6.33 Å². The third kappa shape index (κ3) is 2.65. The van der Waals surface area contributed by atoms with Crippen LogP contribution in [0.5, 0.6) is 0 Å². The second-order valence-electron chi connectivity index (χ2n) is 5.28. The van der Waals surface area contributed by atoms with Gasteiger partial charge in [-0.3, -0.25) is 4.79 Å². The summed E-state index contributed by atoms with van der Waals surface area (Å²) in [6, 6.07) is 0.239. The van der Waals surface area contributed by atoms with Crippen molar-refractivity contribution in [3.05, 3.63) is 17.0 Å². The van der Waals surface area contributed by atoms with Crippen LogP contribution in [-0.4, -0.2) is 44.6 Å². The quantitative estimate of drug-likeness (QED) is 0.844. The average Bonchev–Trinajstić information content (AvgIpc) is 2.88. The highest BCUT2D eigenvalue weighted by Crippen LogP contribution is 2.27. The number of anilines is 1. The topological polar surface area (TPSA) is 75.4 Å². The number of nitrogens with one attached hydrogen (secondary N) is 1. The molecule has 1 N–H and O–H groups in total. The minimum absolute atomic E-state index is 0.0234. The lowest BCUT2D eigenvalue weighted by Gasteiger charge is -2.34. The Hall–Kier alpha value is -1.89. The molecule has 1 fully saturated rings. The molecule has 0 spiro atoms. The molecular formula is C13H17ClN6O. The number of aromatic nitrogens is 4. The predicted octanol–water partition coefficient (Wildman–Crippen LogP) is 1.19. The van der Waals surface area contributed by atoms with Crippen molar-refractivity contribution >= 4 is 29.1 Å². The first-order chi connectivity index (χ1) is 10.1. The summed E-state index contributed by atoms with van der Waals surface area (Å²) in [4.78, 5) is 21.7. The fourth-order valence-corrected chi connectivity index (χ4v) is 2.94. The van der Waals surface area contributed by atoms with Crippen LogP contribution in [0.2, 0.25) is 5.15 Å². The van der Waals surface area contributed by atoms with Crippen molar-refractivity contribution in [1.82, 2.24) is 24.9 Å². The standard InChI is InChI=1S/C13H17ClN6O/c1-8-11(14)18-13-15-7-16-20(13)12(8)19-5-3-10(4-6-19)17-9(2)21/h7,10H,3-6H2,1-2H3,(H,17,21). The van der Waals surface area contributed by atoms with Gasteiger partial charge >= 0.3 is 0 Å². The van der Waals surface area contributed by atoms with E-state index in [0.29, 0.717) is 10.9 Å². The molecule has 3 rings (SSSR count). The molecule has 0 aliphatic carbocycles. The van der Waals surface area contributed by atoms with Crippen LogP contribution in [-0.2, 0) is 4.79 Å². The third-order valence-corrected chi connectivity index (χ3v) is 4.14. The summed E-state index contributed by atoms with van der Waals surface area (Å²) >= 11 is 6.19. The fourth-order valence-electron chi connectivity index (χ4n) is 2.78. The molecule has 0 unspecified atom stereocenters. The van der Waals surface area contributed by atoms with E-state index in [1.54, 1.807) is 11.4 Å². The van der Waals surface area contributed by atoms with E-state index >= 15 is 0 Å². The molecule has 0 atom stereocenters. The highest BCUT2D eigenvalue weighted by atomic mass is 35.5. The zero-order chi connectivity index (χ0) is 15.0. The minimum Gasteiger partial charge on any atom is -0.356 e. The zero-order valence-electron chi connectivity index (χ0n) is 12.0. The van der Waals surface area contributed by atoms with E-state index in [9.17, 15) is 4.79 Å². The second-order valence-corrected chi connectivity index (χ2v) is 5.64. The van der Waals surface area contributed by atoms with Crippen molar-refractivity contribution in [3.8, 4) is 0 Å². The fraction of sp³-hybridized carbons (Fsp3) is 0.538. The van der Waals surface area contributed by atoms with Crippen molar-refractivity contribution in [1.29, 1.82) is 0 Å². The molecule has 0 aromatic carbocycles. The molecule has 2 aromatic rings. The van der Waals surface area contributed by atoms with Crippen LogP contribution in [0.1, 0.15) is 25.3 Å². The number of carbonyl (C=O) groups is 1. The number of hydrogen-bond acceptors (Lipinski definition) is 5. The summed E-state index contributed by atoms with van der Waals surface area (Å²) in [6.45, 7) is 5.16. The highest BCUT2D eigenvalue weighted by Gasteiger charge is 2.24. The SMILES string of the molecule is CC(=O)NC1CCN(c2c(C)c(Cl)nc3ncnn23)CC1.